The fourth-order valence-electron chi connectivity index (χ4n) is 5.14. The first kappa shape index (κ1) is 18.2. The summed E-state index contributed by atoms with van der Waals surface area (Å²) >= 11 is 4.39. The van der Waals surface area contributed by atoms with Crippen LogP contribution in [0.5, 0.6) is 0 Å². The summed E-state index contributed by atoms with van der Waals surface area (Å²) in [5, 5.41) is 0. The summed E-state index contributed by atoms with van der Waals surface area (Å²) in [7, 11) is 0. The van der Waals surface area contributed by atoms with Crippen molar-refractivity contribution in [2.24, 2.45) is 23.7 Å². The van der Waals surface area contributed by atoms with Gasteiger partial charge in [-0.3, -0.25) is 0 Å². The molecule has 0 aromatic rings. The average Bonchev–Trinajstić information content (AvgIpc) is 2.63. The van der Waals surface area contributed by atoms with Gasteiger partial charge in [0.1, 0.15) is 0 Å². The molecular formula is C21H37S2+. The summed E-state index contributed by atoms with van der Waals surface area (Å²) < 4.78 is 1.81. The summed E-state index contributed by atoms with van der Waals surface area (Å²) in [4.78, 5) is 0. The van der Waals surface area contributed by atoms with E-state index in [-0.39, 0.29) is 0 Å². The van der Waals surface area contributed by atoms with E-state index in [1.54, 1.807) is 38.5 Å². The zero-order chi connectivity index (χ0) is 15.9. The van der Waals surface area contributed by atoms with E-state index in [0.717, 1.165) is 23.7 Å². The van der Waals surface area contributed by atoms with Crippen LogP contribution in [0.25, 0.3) is 0 Å². The van der Waals surface area contributed by atoms with Crippen molar-refractivity contribution in [1.82, 2.24) is 0 Å². The van der Waals surface area contributed by atoms with Crippen LogP contribution in [-0.4, -0.2) is 15.7 Å². The minimum Gasteiger partial charge on any atom is -0.0694 e. The van der Waals surface area contributed by atoms with E-state index in [1.807, 2.05) is 4.20 Å². The highest BCUT2D eigenvalue weighted by atomic mass is 32.2. The Bertz CT molecular complexity index is 360. The summed E-state index contributed by atoms with van der Waals surface area (Å²) in [6.07, 6.45) is 19.6. The molecule has 2 fully saturated rings. The SMILES string of the molecule is CCCCCC1CCC(C2CCC(C3=[S+]CCCS3)CC2)CC1. The maximum atomic E-state index is 2.33. The van der Waals surface area contributed by atoms with Gasteiger partial charge in [0.2, 0.25) is 4.20 Å². The van der Waals surface area contributed by atoms with Crippen LogP contribution in [0.3, 0.4) is 0 Å². The van der Waals surface area contributed by atoms with E-state index in [0.29, 0.717) is 0 Å². The predicted octanol–water partition coefficient (Wildman–Crippen LogP) is 6.53. The maximum Gasteiger partial charge on any atom is 0.237 e. The van der Waals surface area contributed by atoms with E-state index in [9.17, 15) is 0 Å². The fraction of sp³-hybridized carbons (Fsp3) is 0.952. The zero-order valence-electron chi connectivity index (χ0n) is 15.2. The molecule has 0 saturated heterocycles. The third-order valence-electron chi connectivity index (χ3n) is 6.66. The first-order chi connectivity index (χ1) is 11.4. The molecule has 2 heteroatoms. The molecule has 0 aromatic heterocycles. The van der Waals surface area contributed by atoms with Crippen molar-refractivity contribution in [3.63, 3.8) is 0 Å². The quantitative estimate of drug-likeness (QED) is 0.297. The Hall–Kier alpha value is 0.440. The Balaban J connectivity index is 1.36. The summed E-state index contributed by atoms with van der Waals surface area (Å²) in [5.41, 5.74) is 0. The Morgan fingerprint density at radius 1 is 0.913 bits per heavy atom. The molecule has 0 unspecified atom stereocenters. The number of hydrogen-bond donors (Lipinski definition) is 0. The molecule has 3 aliphatic rings. The summed E-state index contributed by atoms with van der Waals surface area (Å²) in [5.74, 6) is 7.01. The highest BCUT2D eigenvalue weighted by Crippen LogP contribution is 2.43. The van der Waals surface area contributed by atoms with Crippen LogP contribution in [0.2, 0.25) is 0 Å². The van der Waals surface area contributed by atoms with Gasteiger partial charge in [-0.25, -0.2) is 0 Å². The smallest absolute Gasteiger partial charge is 0.0694 e. The van der Waals surface area contributed by atoms with Crippen LogP contribution in [0, 0.1) is 23.7 Å². The Labute approximate surface area is 152 Å². The van der Waals surface area contributed by atoms with E-state index in [4.69, 9.17) is 0 Å². The molecule has 1 aliphatic heterocycles. The monoisotopic (exact) mass is 353 g/mol. The molecule has 1 heterocycles. The van der Waals surface area contributed by atoms with Gasteiger partial charge in [0.25, 0.3) is 0 Å². The zero-order valence-corrected chi connectivity index (χ0v) is 16.9. The standard InChI is InChI=1S/C21H37S2/c1-2-3-4-6-17-7-9-18(10-8-17)19-11-13-20(14-12-19)21-22-15-5-16-23-21/h17-20H,2-16H2,1H3/q+1. The molecule has 0 amide bonds. The normalized spacial score (nSPS) is 35.8. The van der Waals surface area contributed by atoms with Crippen LogP contribution in [0.15, 0.2) is 0 Å². The van der Waals surface area contributed by atoms with Gasteiger partial charge in [0.05, 0.1) is 0 Å². The lowest BCUT2D eigenvalue weighted by Gasteiger charge is -2.37. The van der Waals surface area contributed by atoms with Gasteiger partial charge in [-0.15, -0.1) is 0 Å². The number of unbranched alkanes of at least 4 members (excludes halogenated alkanes) is 2. The Kier molecular flexibility index (Phi) is 7.77. The first-order valence-corrected chi connectivity index (χ1v) is 12.5. The van der Waals surface area contributed by atoms with Crippen molar-refractivity contribution >= 4 is 27.3 Å². The van der Waals surface area contributed by atoms with Gasteiger partial charge in [-0.05, 0) is 56.3 Å². The Morgan fingerprint density at radius 2 is 1.61 bits per heavy atom. The maximum absolute atomic E-state index is 2.33. The van der Waals surface area contributed by atoms with E-state index >= 15 is 0 Å². The summed E-state index contributed by atoms with van der Waals surface area (Å²) in [6.45, 7) is 2.33. The van der Waals surface area contributed by atoms with Crippen molar-refractivity contribution in [3.05, 3.63) is 0 Å². The fourth-order valence-corrected chi connectivity index (χ4v) is 8.08. The van der Waals surface area contributed by atoms with Crippen molar-refractivity contribution in [2.75, 3.05) is 11.5 Å². The highest BCUT2D eigenvalue weighted by molar-refractivity contribution is 8.23. The van der Waals surface area contributed by atoms with Crippen LogP contribution >= 0.6 is 11.8 Å². The van der Waals surface area contributed by atoms with Crippen LogP contribution in [0.1, 0.15) is 90.4 Å². The van der Waals surface area contributed by atoms with E-state index in [2.05, 4.69) is 30.0 Å². The van der Waals surface area contributed by atoms with E-state index in [1.165, 1.54) is 56.5 Å². The van der Waals surface area contributed by atoms with E-state index < -0.39 is 0 Å². The Morgan fingerprint density at radius 3 is 2.22 bits per heavy atom. The molecule has 0 spiro atoms. The molecule has 3 rings (SSSR count). The van der Waals surface area contributed by atoms with Gasteiger partial charge < -0.3 is 0 Å². The molecule has 2 aliphatic carbocycles. The summed E-state index contributed by atoms with van der Waals surface area (Å²) in [6, 6.07) is 0. The molecule has 0 bridgehead atoms. The van der Waals surface area contributed by atoms with Crippen molar-refractivity contribution in [1.29, 1.82) is 0 Å². The van der Waals surface area contributed by atoms with Crippen LogP contribution < -0.4 is 0 Å². The molecule has 0 nitrogen and oxygen atoms in total. The second-order valence-electron chi connectivity index (χ2n) is 8.26. The molecule has 0 aromatic carbocycles. The second kappa shape index (κ2) is 9.80. The minimum atomic E-state index is 0.965. The van der Waals surface area contributed by atoms with Gasteiger partial charge in [0.15, 0.2) is 17.1 Å². The third-order valence-corrected chi connectivity index (χ3v) is 9.58. The second-order valence-corrected chi connectivity index (χ2v) is 10.8. The molecule has 23 heavy (non-hydrogen) atoms. The molecular weight excluding hydrogens is 316 g/mol. The first-order valence-electron chi connectivity index (χ1n) is 10.5. The topological polar surface area (TPSA) is 0 Å². The van der Waals surface area contributed by atoms with Crippen molar-refractivity contribution < 1.29 is 0 Å². The largest absolute Gasteiger partial charge is 0.237 e. The molecule has 2 saturated carbocycles. The molecule has 0 atom stereocenters. The van der Waals surface area contributed by atoms with Crippen LogP contribution in [-0.2, 0) is 11.4 Å². The lowest BCUT2D eigenvalue weighted by Crippen LogP contribution is -2.28. The average molecular weight is 354 g/mol. The number of hydrogen-bond acceptors (Lipinski definition) is 1. The minimum absolute atomic E-state index is 0.965. The van der Waals surface area contributed by atoms with Gasteiger partial charge in [-0.2, -0.15) is 0 Å². The van der Waals surface area contributed by atoms with Crippen molar-refractivity contribution in [3.8, 4) is 0 Å². The highest BCUT2D eigenvalue weighted by Gasteiger charge is 2.35. The van der Waals surface area contributed by atoms with Gasteiger partial charge >= 0.3 is 0 Å². The van der Waals surface area contributed by atoms with Crippen LogP contribution in [0.4, 0.5) is 0 Å². The number of rotatable bonds is 6. The van der Waals surface area contributed by atoms with Gasteiger partial charge in [-0.1, -0.05) is 57.2 Å². The lowest BCUT2D eigenvalue weighted by atomic mass is 9.69. The van der Waals surface area contributed by atoms with Gasteiger partial charge in [0, 0.05) is 18.1 Å². The number of thioether (sulfide) groups is 1. The molecule has 0 N–H and O–H groups in total. The predicted molar refractivity (Wildman–Crippen MR) is 109 cm³/mol. The van der Waals surface area contributed by atoms with Crippen molar-refractivity contribution in [2.45, 2.75) is 90.4 Å². The lowest BCUT2D eigenvalue weighted by molar-refractivity contribution is 0.155. The molecule has 0 radical (unpaired) electrons. The third kappa shape index (κ3) is 5.46. The molecule has 132 valence electrons.